The van der Waals surface area contributed by atoms with Gasteiger partial charge in [-0.2, -0.15) is 0 Å². The molecular weight excluding hydrogens is 298 g/mol. The van der Waals surface area contributed by atoms with E-state index in [4.69, 9.17) is 0 Å². The fourth-order valence-corrected chi connectivity index (χ4v) is 2.87. The van der Waals surface area contributed by atoms with Gasteiger partial charge in [0.05, 0.1) is 6.04 Å². The number of halogens is 1. The van der Waals surface area contributed by atoms with E-state index in [1.54, 1.807) is 0 Å². The molecule has 2 N–H and O–H groups in total. The summed E-state index contributed by atoms with van der Waals surface area (Å²) >= 11 is 0. The fraction of sp³-hybridized carbons (Fsp3) is 0.588. The number of nitrogens with one attached hydrogen (secondary N) is 2. The van der Waals surface area contributed by atoms with Crippen LogP contribution in [-0.4, -0.2) is 43.0 Å². The third-order valence-electron chi connectivity index (χ3n) is 4.44. The predicted octanol–water partition coefficient (Wildman–Crippen LogP) is 2.74. The first kappa shape index (κ1) is 18.9. The molecule has 22 heavy (non-hydrogen) atoms. The number of nitrogens with zero attached hydrogens (tertiary/aromatic N) is 1. The molecule has 1 amide bonds. The molecule has 0 radical (unpaired) electrons. The second kappa shape index (κ2) is 8.51. The summed E-state index contributed by atoms with van der Waals surface area (Å²) in [7, 11) is 2.00. The van der Waals surface area contributed by atoms with Crippen molar-refractivity contribution in [3.63, 3.8) is 0 Å². The molecule has 0 aliphatic carbocycles. The summed E-state index contributed by atoms with van der Waals surface area (Å²) in [5, 5.41) is 6.40. The maximum atomic E-state index is 12.5. The summed E-state index contributed by atoms with van der Waals surface area (Å²) < 4.78 is 0. The summed E-state index contributed by atoms with van der Waals surface area (Å²) in [6.45, 7) is 8.01. The minimum atomic E-state index is -0.0962. The molecule has 1 aromatic rings. The lowest BCUT2D eigenvalue weighted by atomic mass is 10.0. The van der Waals surface area contributed by atoms with Gasteiger partial charge in [-0.1, -0.05) is 12.1 Å². The average Bonchev–Trinajstić information content (AvgIpc) is 2.50. The lowest BCUT2D eigenvalue weighted by Crippen LogP contribution is -2.51. The van der Waals surface area contributed by atoms with Gasteiger partial charge in [-0.25, -0.2) is 0 Å². The van der Waals surface area contributed by atoms with Gasteiger partial charge in [-0.3, -0.25) is 9.69 Å². The largest absolute Gasteiger partial charge is 0.324 e. The summed E-state index contributed by atoms with van der Waals surface area (Å²) in [6, 6.07) is 6.55. The van der Waals surface area contributed by atoms with Crippen molar-refractivity contribution < 1.29 is 4.79 Å². The topological polar surface area (TPSA) is 44.4 Å². The van der Waals surface area contributed by atoms with Gasteiger partial charge >= 0.3 is 0 Å². The van der Waals surface area contributed by atoms with Crippen LogP contribution in [0.3, 0.4) is 0 Å². The monoisotopic (exact) mass is 325 g/mol. The summed E-state index contributed by atoms with van der Waals surface area (Å²) in [5.41, 5.74) is 3.19. The minimum Gasteiger partial charge on any atom is -0.324 e. The van der Waals surface area contributed by atoms with E-state index in [1.165, 1.54) is 6.42 Å². The number of likely N-dealkylation sites (N-methyl/N-ethyl adjacent to an activating group) is 1. The molecule has 0 bridgehead atoms. The number of likely N-dealkylation sites (tertiary alicyclic amines) is 1. The first-order valence-corrected chi connectivity index (χ1v) is 7.80. The molecule has 2 rings (SSSR count). The highest BCUT2D eigenvalue weighted by atomic mass is 35.5. The number of rotatable bonds is 4. The zero-order valence-corrected chi connectivity index (χ0v) is 14.8. The van der Waals surface area contributed by atoms with E-state index in [2.05, 4.69) is 21.6 Å². The molecule has 1 aromatic carbocycles. The highest BCUT2D eigenvalue weighted by Gasteiger charge is 2.26. The smallest absolute Gasteiger partial charge is 0.241 e. The fourth-order valence-electron chi connectivity index (χ4n) is 2.87. The normalized spacial score (nSPS) is 20.1. The van der Waals surface area contributed by atoms with Crippen molar-refractivity contribution in [3.05, 3.63) is 29.3 Å². The van der Waals surface area contributed by atoms with Crippen LogP contribution in [0, 0.1) is 13.8 Å². The third-order valence-corrected chi connectivity index (χ3v) is 4.44. The van der Waals surface area contributed by atoms with Crippen LogP contribution in [0.25, 0.3) is 0 Å². The zero-order chi connectivity index (χ0) is 15.4. The van der Waals surface area contributed by atoms with Crippen molar-refractivity contribution in [2.75, 3.05) is 25.5 Å². The number of hydrogen-bond donors (Lipinski definition) is 2. The van der Waals surface area contributed by atoms with Crippen LogP contribution in [0.15, 0.2) is 18.2 Å². The van der Waals surface area contributed by atoms with Crippen LogP contribution in [-0.2, 0) is 4.79 Å². The van der Waals surface area contributed by atoms with Crippen LogP contribution in [0.2, 0.25) is 0 Å². The van der Waals surface area contributed by atoms with Crippen molar-refractivity contribution in [2.24, 2.45) is 0 Å². The van der Waals surface area contributed by atoms with Gasteiger partial charge in [-0.15, -0.1) is 12.4 Å². The number of amides is 1. The Labute approximate surface area is 140 Å². The van der Waals surface area contributed by atoms with Gasteiger partial charge in [-0.05, 0) is 64.4 Å². The van der Waals surface area contributed by atoms with Gasteiger partial charge in [0, 0.05) is 18.3 Å². The molecule has 1 aliphatic heterocycles. The Hall–Kier alpha value is -1.10. The number of carbonyl (C=O) groups is 1. The number of hydrogen-bond acceptors (Lipinski definition) is 3. The van der Waals surface area contributed by atoms with Crippen LogP contribution < -0.4 is 10.6 Å². The number of benzene rings is 1. The van der Waals surface area contributed by atoms with E-state index >= 15 is 0 Å². The van der Waals surface area contributed by atoms with Gasteiger partial charge in [0.25, 0.3) is 0 Å². The standard InChI is InChI=1S/C17H27N3O.ClH/c1-12-7-8-13(2)16(10-12)19-17(21)14(3)20-9-5-6-15(11-20)18-4;/h7-8,10,14-15,18H,5-6,9,11H2,1-4H3,(H,19,21);1H. The molecule has 1 fully saturated rings. The van der Waals surface area contributed by atoms with Crippen molar-refractivity contribution in [3.8, 4) is 0 Å². The van der Waals surface area contributed by atoms with Crippen LogP contribution >= 0.6 is 12.4 Å². The van der Waals surface area contributed by atoms with Crippen molar-refractivity contribution in [1.29, 1.82) is 0 Å². The minimum absolute atomic E-state index is 0. The predicted molar refractivity (Wildman–Crippen MR) is 94.9 cm³/mol. The molecule has 1 heterocycles. The van der Waals surface area contributed by atoms with E-state index in [0.717, 1.165) is 36.3 Å². The molecule has 124 valence electrons. The van der Waals surface area contributed by atoms with Crippen molar-refractivity contribution in [2.45, 2.75) is 45.7 Å². The van der Waals surface area contributed by atoms with Crippen LogP contribution in [0.5, 0.6) is 0 Å². The lowest BCUT2D eigenvalue weighted by Gasteiger charge is -2.36. The van der Waals surface area contributed by atoms with Gasteiger partial charge in [0.1, 0.15) is 0 Å². The first-order chi connectivity index (χ1) is 10.0. The Morgan fingerprint density at radius 2 is 2.09 bits per heavy atom. The SMILES string of the molecule is CNC1CCCN(C(C)C(=O)Nc2cc(C)ccc2C)C1.Cl. The van der Waals surface area contributed by atoms with Crippen LogP contribution in [0.4, 0.5) is 5.69 Å². The second-order valence-electron chi connectivity index (χ2n) is 6.11. The Balaban J connectivity index is 0.00000242. The molecule has 2 unspecified atom stereocenters. The van der Waals surface area contributed by atoms with E-state index in [-0.39, 0.29) is 24.4 Å². The maximum absolute atomic E-state index is 12.5. The molecule has 0 aromatic heterocycles. The summed E-state index contributed by atoms with van der Waals surface area (Å²) in [5.74, 6) is 0.0838. The zero-order valence-electron chi connectivity index (χ0n) is 14.0. The van der Waals surface area contributed by atoms with Gasteiger partial charge in [0.15, 0.2) is 0 Å². The van der Waals surface area contributed by atoms with E-state index in [9.17, 15) is 4.79 Å². The molecule has 0 spiro atoms. The van der Waals surface area contributed by atoms with Crippen LogP contribution in [0.1, 0.15) is 30.9 Å². The number of anilines is 1. The number of piperidine rings is 1. The molecule has 1 aliphatic rings. The Bertz CT molecular complexity index is 507. The second-order valence-corrected chi connectivity index (χ2v) is 6.11. The van der Waals surface area contributed by atoms with E-state index in [0.29, 0.717) is 6.04 Å². The maximum Gasteiger partial charge on any atom is 0.241 e. The molecular formula is C17H28ClN3O. The van der Waals surface area contributed by atoms with E-state index in [1.807, 2.05) is 40.0 Å². The van der Waals surface area contributed by atoms with Crippen molar-refractivity contribution in [1.82, 2.24) is 10.2 Å². The summed E-state index contributed by atoms with van der Waals surface area (Å²) in [6.07, 6.45) is 2.34. The van der Waals surface area contributed by atoms with Gasteiger partial charge in [0.2, 0.25) is 5.91 Å². The lowest BCUT2D eigenvalue weighted by molar-refractivity contribution is -0.121. The highest BCUT2D eigenvalue weighted by molar-refractivity contribution is 5.95. The first-order valence-electron chi connectivity index (χ1n) is 7.80. The Kier molecular flexibility index (Phi) is 7.33. The molecule has 1 saturated heterocycles. The highest BCUT2D eigenvalue weighted by Crippen LogP contribution is 2.18. The molecule has 2 atom stereocenters. The summed E-state index contributed by atoms with van der Waals surface area (Å²) in [4.78, 5) is 14.8. The number of carbonyl (C=O) groups excluding carboxylic acids is 1. The Morgan fingerprint density at radius 3 is 2.77 bits per heavy atom. The average molecular weight is 326 g/mol. The molecule has 0 saturated carbocycles. The Morgan fingerprint density at radius 1 is 1.36 bits per heavy atom. The van der Waals surface area contributed by atoms with E-state index < -0.39 is 0 Å². The third kappa shape index (κ3) is 4.70. The quantitative estimate of drug-likeness (QED) is 0.894. The molecule has 4 nitrogen and oxygen atoms in total. The molecule has 5 heteroatoms. The number of aryl methyl sites for hydroxylation is 2. The van der Waals surface area contributed by atoms with Crippen molar-refractivity contribution >= 4 is 24.0 Å². The van der Waals surface area contributed by atoms with Gasteiger partial charge < -0.3 is 10.6 Å².